The van der Waals surface area contributed by atoms with Crippen LogP contribution in [0, 0.1) is 0 Å². The molecule has 0 aliphatic carbocycles. The zero-order chi connectivity index (χ0) is 20.4. The first-order chi connectivity index (χ1) is 13.5. The Bertz CT molecular complexity index is 847. The molecule has 0 radical (unpaired) electrons. The van der Waals surface area contributed by atoms with Crippen LogP contribution < -0.4 is 20.9 Å². The van der Waals surface area contributed by atoms with E-state index < -0.39 is 11.8 Å². The molecule has 0 aromatic heterocycles. The van der Waals surface area contributed by atoms with Crippen LogP contribution in [0.25, 0.3) is 0 Å². The minimum atomic E-state index is -0.428. The molecule has 28 heavy (non-hydrogen) atoms. The Balaban J connectivity index is 1.84. The average molecular weight is 466 g/mol. The zero-order valence-corrected chi connectivity index (χ0v) is 17.6. The van der Waals surface area contributed by atoms with E-state index in [0.717, 1.165) is 0 Å². The van der Waals surface area contributed by atoms with Gasteiger partial charge in [0.15, 0.2) is 5.11 Å². The topological polar surface area (TPSA) is 88.7 Å². The number of halogens is 1. The molecule has 2 rings (SSSR count). The number of hydrogen-bond acceptors (Lipinski definition) is 5. The molecule has 0 unspecified atom stereocenters. The number of nitrogens with one attached hydrogen (secondary N) is 3. The van der Waals surface area contributed by atoms with Gasteiger partial charge in [-0.25, -0.2) is 0 Å². The molecule has 0 saturated heterocycles. The Kier molecular flexibility index (Phi) is 8.86. The maximum Gasteiger partial charge on any atom is 0.270 e. The summed E-state index contributed by atoms with van der Waals surface area (Å²) in [5.74, 6) is -0.273. The van der Waals surface area contributed by atoms with Gasteiger partial charge < -0.3 is 9.47 Å². The van der Waals surface area contributed by atoms with E-state index in [1.165, 1.54) is 0 Å². The van der Waals surface area contributed by atoms with Gasteiger partial charge in [0.2, 0.25) is 0 Å². The molecule has 2 aromatic carbocycles. The van der Waals surface area contributed by atoms with Crippen LogP contribution in [-0.4, -0.2) is 36.7 Å². The number of benzene rings is 2. The number of ether oxygens (including phenoxy) is 2. The van der Waals surface area contributed by atoms with Gasteiger partial charge in [-0.1, -0.05) is 18.2 Å². The number of rotatable bonds is 7. The Morgan fingerprint density at radius 1 is 1.04 bits per heavy atom. The van der Waals surface area contributed by atoms with Gasteiger partial charge in [-0.05, 0) is 65.4 Å². The summed E-state index contributed by atoms with van der Waals surface area (Å²) in [6, 6.07) is 13.6. The van der Waals surface area contributed by atoms with Crippen LogP contribution in [0.3, 0.4) is 0 Å². The fourth-order valence-electron chi connectivity index (χ4n) is 2.12. The van der Waals surface area contributed by atoms with Crippen molar-refractivity contribution in [2.45, 2.75) is 6.92 Å². The quantitative estimate of drug-likeness (QED) is 0.331. The van der Waals surface area contributed by atoms with Crippen LogP contribution in [0.1, 0.15) is 27.6 Å². The molecule has 0 fully saturated rings. The normalized spacial score (nSPS) is 10.1. The first-order valence-electron chi connectivity index (χ1n) is 8.48. The number of hydrazine groups is 1. The lowest BCUT2D eigenvalue weighted by Crippen LogP contribution is -2.48. The predicted molar refractivity (Wildman–Crippen MR) is 113 cm³/mol. The number of thiocarbonyl (C=S) groups is 1. The summed E-state index contributed by atoms with van der Waals surface area (Å²) in [5, 5.41) is 2.46. The minimum absolute atomic E-state index is 0.0342. The molecule has 0 aliphatic heterocycles. The third-order valence-electron chi connectivity index (χ3n) is 3.43. The molecule has 7 nitrogen and oxygen atoms in total. The van der Waals surface area contributed by atoms with E-state index in [0.29, 0.717) is 41.2 Å². The molecule has 0 heterocycles. The van der Waals surface area contributed by atoms with Crippen LogP contribution in [0.2, 0.25) is 0 Å². The van der Waals surface area contributed by atoms with Crippen LogP contribution in [0.15, 0.2) is 53.0 Å². The first kappa shape index (κ1) is 21.8. The average Bonchev–Trinajstić information content (AvgIpc) is 2.70. The number of hydrogen-bond donors (Lipinski definition) is 3. The van der Waals surface area contributed by atoms with E-state index in [-0.39, 0.29) is 5.11 Å². The van der Waals surface area contributed by atoms with E-state index in [1.54, 1.807) is 48.5 Å². The van der Waals surface area contributed by atoms with E-state index in [9.17, 15) is 9.59 Å². The highest BCUT2D eigenvalue weighted by Gasteiger charge is 2.12. The molecular weight excluding hydrogens is 446 g/mol. The summed E-state index contributed by atoms with van der Waals surface area (Å²) in [6.45, 7) is 3.38. The van der Waals surface area contributed by atoms with Crippen molar-refractivity contribution in [3.63, 3.8) is 0 Å². The zero-order valence-electron chi connectivity index (χ0n) is 15.2. The third-order valence-corrected chi connectivity index (χ3v) is 4.33. The molecule has 148 valence electrons. The molecule has 9 heteroatoms. The summed E-state index contributed by atoms with van der Waals surface area (Å²) in [5.41, 5.74) is 5.74. The van der Waals surface area contributed by atoms with Gasteiger partial charge in [-0.2, -0.15) is 0 Å². The number of carbonyl (C=O) groups excluding carboxylic acids is 2. The fourth-order valence-corrected chi connectivity index (χ4v) is 2.73. The summed E-state index contributed by atoms with van der Waals surface area (Å²) >= 11 is 8.34. The van der Waals surface area contributed by atoms with Crippen molar-refractivity contribution in [1.29, 1.82) is 0 Å². The van der Waals surface area contributed by atoms with Gasteiger partial charge in [-0.3, -0.25) is 25.8 Å². The van der Waals surface area contributed by atoms with Crippen molar-refractivity contribution in [3.8, 4) is 5.75 Å². The van der Waals surface area contributed by atoms with Gasteiger partial charge in [0.05, 0.1) is 12.2 Å². The molecule has 0 saturated carbocycles. The Labute approximate surface area is 176 Å². The second-order valence-corrected chi connectivity index (χ2v) is 6.68. The predicted octanol–water partition coefficient (Wildman–Crippen LogP) is 2.81. The summed E-state index contributed by atoms with van der Waals surface area (Å²) in [7, 11) is 0. The molecule has 0 aliphatic rings. The second-order valence-electron chi connectivity index (χ2n) is 5.42. The van der Waals surface area contributed by atoms with Crippen molar-refractivity contribution >= 4 is 45.1 Å². The molecule has 2 amide bonds. The summed E-state index contributed by atoms with van der Waals surface area (Å²) in [6.07, 6.45) is 0. The molecular formula is C19H20BrN3O4S. The first-order valence-corrected chi connectivity index (χ1v) is 9.68. The Morgan fingerprint density at radius 2 is 1.82 bits per heavy atom. The molecule has 3 N–H and O–H groups in total. The van der Waals surface area contributed by atoms with Gasteiger partial charge in [0.1, 0.15) is 12.4 Å². The monoisotopic (exact) mass is 465 g/mol. The third kappa shape index (κ3) is 6.91. The maximum absolute atomic E-state index is 12.3. The van der Waals surface area contributed by atoms with Crippen molar-refractivity contribution in [1.82, 2.24) is 16.2 Å². The fraction of sp³-hybridized carbons (Fsp3) is 0.211. The molecule has 2 aromatic rings. The van der Waals surface area contributed by atoms with E-state index in [2.05, 4.69) is 32.1 Å². The van der Waals surface area contributed by atoms with E-state index in [1.807, 2.05) is 6.92 Å². The highest BCUT2D eigenvalue weighted by molar-refractivity contribution is 9.10. The number of carbonyl (C=O) groups is 2. The minimum Gasteiger partial charge on any atom is -0.491 e. The highest BCUT2D eigenvalue weighted by Crippen LogP contribution is 2.15. The smallest absolute Gasteiger partial charge is 0.270 e. The lowest BCUT2D eigenvalue weighted by atomic mass is 10.2. The van der Waals surface area contributed by atoms with Gasteiger partial charge >= 0.3 is 0 Å². The van der Waals surface area contributed by atoms with E-state index in [4.69, 9.17) is 21.7 Å². The Hall–Kier alpha value is -2.49. The van der Waals surface area contributed by atoms with Crippen molar-refractivity contribution in [3.05, 3.63) is 64.1 Å². The van der Waals surface area contributed by atoms with Crippen LogP contribution >= 0.6 is 28.1 Å². The summed E-state index contributed by atoms with van der Waals surface area (Å²) in [4.78, 5) is 24.4. The van der Waals surface area contributed by atoms with Crippen molar-refractivity contribution in [2.24, 2.45) is 0 Å². The van der Waals surface area contributed by atoms with Crippen LogP contribution in [0.4, 0.5) is 0 Å². The molecule has 0 spiro atoms. The maximum atomic E-state index is 12.3. The van der Waals surface area contributed by atoms with Crippen LogP contribution in [-0.2, 0) is 4.74 Å². The lowest BCUT2D eigenvalue weighted by molar-refractivity contribution is 0.0933. The van der Waals surface area contributed by atoms with E-state index >= 15 is 0 Å². The lowest BCUT2D eigenvalue weighted by Gasteiger charge is -2.12. The Morgan fingerprint density at radius 3 is 2.57 bits per heavy atom. The standard InChI is InChI=1S/C19H20BrN3O4S/c1-2-26-10-11-27-14-7-5-6-13(12-14)17(24)21-19(28)23-22-18(25)15-8-3-4-9-16(15)20/h3-9,12H,2,10-11H2,1H3,(H,22,25)(H2,21,23,24,28). The van der Waals surface area contributed by atoms with Gasteiger partial charge in [-0.15, -0.1) is 0 Å². The van der Waals surface area contributed by atoms with Crippen molar-refractivity contribution in [2.75, 3.05) is 19.8 Å². The molecule has 0 atom stereocenters. The van der Waals surface area contributed by atoms with Gasteiger partial charge in [0.25, 0.3) is 11.8 Å². The highest BCUT2D eigenvalue weighted by atomic mass is 79.9. The number of amides is 2. The largest absolute Gasteiger partial charge is 0.491 e. The van der Waals surface area contributed by atoms with Crippen LogP contribution in [0.5, 0.6) is 5.75 Å². The molecule has 0 bridgehead atoms. The van der Waals surface area contributed by atoms with Gasteiger partial charge in [0, 0.05) is 16.6 Å². The SMILES string of the molecule is CCOCCOc1cccc(C(=O)NC(=S)NNC(=O)c2ccccc2Br)c1. The second kappa shape index (κ2) is 11.4. The van der Waals surface area contributed by atoms with Crippen molar-refractivity contribution < 1.29 is 19.1 Å². The summed E-state index contributed by atoms with van der Waals surface area (Å²) < 4.78 is 11.4.